The van der Waals surface area contributed by atoms with Gasteiger partial charge in [0.1, 0.15) is 5.76 Å². The first-order valence-electron chi connectivity index (χ1n) is 12.1. The summed E-state index contributed by atoms with van der Waals surface area (Å²) in [6, 6.07) is 15.7. The van der Waals surface area contributed by atoms with Gasteiger partial charge in [0.15, 0.2) is 0 Å². The van der Waals surface area contributed by atoms with E-state index in [4.69, 9.17) is 4.74 Å². The summed E-state index contributed by atoms with van der Waals surface area (Å²) in [6.07, 6.45) is 3.86. The number of rotatable bonds is 4. The van der Waals surface area contributed by atoms with Crippen LogP contribution in [0.1, 0.15) is 36.9 Å². The van der Waals surface area contributed by atoms with Gasteiger partial charge >= 0.3 is 6.09 Å². The molecular formula is C28H27N3O5. The Morgan fingerprint density at radius 2 is 1.81 bits per heavy atom. The lowest BCUT2D eigenvalue weighted by atomic mass is 9.94. The van der Waals surface area contributed by atoms with Gasteiger partial charge in [-0.3, -0.25) is 14.6 Å². The normalized spacial score (nSPS) is 20.2. The van der Waals surface area contributed by atoms with Crippen LogP contribution in [-0.2, 0) is 14.3 Å². The third-order valence-corrected chi connectivity index (χ3v) is 6.89. The fourth-order valence-electron chi connectivity index (χ4n) is 5.13. The van der Waals surface area contributed by atoms with Gasteiger partial charge in [-0.15, -0.1) is 0 Å². The number of carbonyl (C=O) groups is 3. The maximum Gasteiger partial charge on any atom is 0.409 e. The van der Waals surface area contributed by atoms with Crippen molar-refractivity contribution in [1.82, 2.24) is 14.8 Å². The van der Waals surface area contributed by atoms with E-state index in [9.17, 15) is 19.5 Å². The minimum absolute atomic E-state index is 0.0519. The first-order chi connectivity index (χ1) is 17.5. The van der Waals surface area contributed by atoms with E-state index in [1.165, 1.54) is 0 Å². The number of hydrogen-bond donors (Lipinski definition) is 1. The number of likely N-dealkylation sites (tertiary alicyclic amines) is 2. The van der Waals surface area contributed by atoms with E-state index in [1.807, 2.05) is 36.4 Å². The number of piperidine rings is 1. The van der Waals surface area contributed by atoms with Gasteiger partial charge in [0.05, 0.1) is 18.2 Å². The highest BCUT2D eigenvalue weighted by Gasteiger charge is 2.49. The minimum atomic E-state index is -0.774. The first kappa shape index (κ1) is 23.5. The van der Waals surface area contributed by atoms with E-state index in [0.717, 1.165) is 10.8 Å². The van der Waals surface area contributed by atoms with Crippen molar-refractivity contribution >= 4 is 34.3 Å². The van der Waals surface area contributed by atoms with Gasteiger partial charge in [0.2, 0.25) is 0 Å². The fourth-order valence-corrected chi connectivity index (χ4v) is 5.13. The molecule has 184 valence electrons. The molecule has 36 heavy (non-hydrogen) atoms. The van der Waals surface area contributed by atoms with Gasteiger partial charge in [-0.1, -0.05) is 42.5 Å². The molecule has 0 spiro atoms. The molecule has 1 unspecified atom stereocenters. The zero-order valence-electron chi connectivity index (χ0n) is 20.0. The van der Waals surface area contributed by atoms with Gasteiger partial charge < -0.3 is 19.6 Å². The lowest BCUT2D eigenvalue weighted by Crippen LogP contribution is -2.48. The fraction of sp³-hybridized carbons (Fsp3) is 0.286. The highest BCUT2D eigenvalue weighted by Crippen LogP contribution is 2.42. The molecule has 0 radical (unpaired) electrons. The van der Waals surface area contributed by atoms with E-state index < -0.39 is 17.7 Å². The van der Waals surface area contributed by atoms with Gasteiger partial charge in [-0.2, -0.15) is 0 Å². The average molecular weight is 486 g/mol. The summed E-state index contributed by atoms with van der Waals surface area (Å²) in [7, 11) is 0. The third kappa shape index (κ3) is 4.19. The number of Topliss-reactive ketones (excluding diaryl/α,β-unsaturated/α-hetero) is 1. The van der Waals surface area contributed by atoms with Crippen LogP contribution in [-0.4, -0.2) is 63.4 Å². The van der Waals surface area contributed by atoms with Crippen LogP contribution in [0.3, 0.4) is 0 Å². The molecule has 3 aromatic rings. The number of aliphatic hydroxyl groups is 1. The lowest BCUT2D eigenvalue weighted by molar-refractivity contribution is -0.142. The molecule has 8 heteroatoms. The molecule has 0 aliphatic carbocycles. The Kier molecular flexibility index (Phi) is 6.41. The Hall–Kier alpha value is -4.20. The number of pyridine rings is 1. The summed E-state index contributed by atoms with van der Waals surface area (Å²) in [5.41, 5.74) is 1.17. The van der Waals surface area contributed by atoms with Crippen molar-refractivity contribution in [2.24, 2.45) is 0 Å². The van der Waals surface area contributed by atoms with E-state index >= 15 is 0 Å². The number of aliphatic hydroxyl groups excluding tert-OH is 1. The van der Waals surface area contributed by atoms with Crippen molar-refractivity contribution in [2.75, 3.05) is 19.7 Å². The van der Waals surface area contributed by atoms with Gasteiger partial charge in [-0.25, -0.2) is 4.79 Å². The summed E-state index contributed by atoms with van der Waals surface area (Å²) in [4.78, 5) is 46.3. The van der Waals surface area contributed by atoms with Crippen LogP contribution in [0.4, 0.5) is 4.79 Å². The van der Waals surface area contributed by atoms with E-state index in [2.05, 4.69) is 4.98 Å². The third-order valence-electron chi connectivity index (χ3n) is 6.89. The minimum Gasteiger partial charge on any atom is -0.507 e. The molecule has 1 aromatic heterocycles. The maximum atomic E-state index is 13.4. The smallest absolute Gasteiger partial charge is 0.409 e. The predicted octanol–water partition coefficient (Wildman–Crippen LogP) is 4.28. The number of ether oxygens (including phenoxy) is 1. The summed E-state index contributed by atoms with van der Waals surface area (Å²) in [5.74, 6) is -1.58. The number of benzene rings is 2. The summed E-state index contributed by atoms with van der Waals surface area (Å²) < 4.78 is 5.10. The summed E-state index contributed by atoms with van der Waals surface area (Å²) in [6.45, 7) is 2.88. The number of fused-ring (bicyclic) bond motifs is 1. The van der Waals surface area contributed by atoms with Crippen LogP contribution in [0.25, 0.3) is 16.5 Å². The Morgan fingerprint density at radius 3 is 2.50 bits per heavy atom. The van der Waals surface area contributed by atoms with Crippen molar-refractivity contribution < 1.29 is 24.2 Å². The molecule has 2 amide bonds. The quantitative estimate of drug-likeness (QED) is 0.336. The monoisotopic (exact) mass is 485 g/mol. The highest BCUT2D eigenvalue weighted by atomic mass is 16.6. The van der Waals surface area contributed by atoms with Crippen molar-refractivity contribution in [3.63, 3.8) is 0 Å². The molecule has 2 fully saturated rings. The van der Waals surface area contributed by atoms with Crippen molar-refractivity contribution in [3.8, 4) is 0 Å². The van der Waals surface area contributed by atoms with E-state index in [-0.39, 0.29) is 23.5 Å². The first-order valence-corrected chi connectivity index (χ1v) is 12.1. The van der Waals surface area contributed by atoms with Crippen LogP contribution in [0.15, 0.2) is 72.6 Å². The highest BCUT2D eigenvalue weighted by molar-refractivity contribution is 6.46. The molecule has 2 aliphatic rings. The molecule has 2 saturated heterocycles. The molecule has 0 bridgehead atoms. The number of amides is 2. The van der Waals surface area contributed by atoms with Gasteiger partial charge in [0.25, 0.3) is 11.7 Å². The van der Waals surface area contributed by atoms with E-state index in [1.54, 1.807) is 47.3 Å². The Balaban J connectivity index is 1.54. The lowest BCUT2D eigenvalue weighted by Gasteiger charge is -2.38. The molecule has 5 rings (SSSR count). The molecule has 1 atom stereocenters. The van der Waals surface area contributed by atoms with Crippen LogP contribution in [0.2, 0.25) is 0 Å². The van der Waals surface area contributed by atoms with Gasteiger partial charge in [0, 0.05) is 37.1 Å². The number of ketones is 1. The SMILES string of the molecule is CCOC(=O)N1CCC(N2C(=O)C(=O)/C(=C(\O)c3ccc4ccccc4c3)C2c2cccnc2)CC1. The van der Waals surface area contributed by atoms with Crippen LogP contribution < -0.4 is 0 Å². The largest absolute Gasteiger partial charge is 0.507 e. The second-order valence-electron chi connectivity index (χ2n) is 8.97. The second kappa shape index (κ2) is 9.81. The summed E-state index contributed by atoms with van der Waals surface area (Å²) >= 11 is 0. The zero-order valence-corrected chi connectivity index (χ0v) is 20.0. The summed E-state index contributed by atoms with van der Waals surface area (Å²) in [5, 5.41) is 13.3. The zero-order chi connectivity index (χ0) is 25.2. The number of carbonyl (C=O) groups excluding carboxylic acids is 3. The topological polar surface area (TPSA) is 100 Å². The maximum absolute atomic E-state index is 13.4. The van der Waals surface area contributed by atoms with Crippen molar-refractivity contribution in [3.05, 3.63) is 83.7 Å². The standard InChI is InChI=1S/C28H27N3O5/c1-2-36-28(35)30-14-11-22(12-15-30)31-24(21-8-5-13-29-17-21)23(26(33)27(31)34)25(32)20-10-9-18-6-3-4-7-19(18)16-20/h3-10,13,16-17,22,24,32H,2,11-12,14-15H2,1H3/b25-23-. The molecule has 1 N–H and O–H groups in total. The Labute approximate surface area is 208 Å². The van der Waals surface area contributed by atoms with Crippen molar-refractivity contribution in [2.45, 2.75) is 31.8 Å². The Bertz CT molecular complexity index is 1350. The number of aromatic nitrogens is 1. The molecule has 0 saturated carbocycles. The molecule has 8 nitrogen and oxygen atoms in total. The van der Waals surface area contributed by atoms with Crippen LogP contribution >= 0.6 is 0 Å². The van der Waals surface area contributed by atoms with Crippen molar-refractivity contribution in [1.29, 1.82) is 0 Å². The van der Waals surface area contributed by atoms with Crippen LogP contribution in [0, 0.1) is 0 Å². The molecule has 2 aromatic carbocycles. The number of hydrogen-bond acceptors (Lipinski definition) is 6. The Morgan fingerprint density at radius 1 is 1.06 bits per heavy atom. The van der Waals surface area contributed by atoms with Crippen LogP contribution in [0.5, 0.6) is 0 Å². The molecule has 3 heterocycles. The molecular weight excluding hydrogens is 458 g/mol. The van der Waals surface area contributed by atoms with Gasteiger partial charge in [-0.05, 0) is 48.2 Å². The second-order valence-corrected chi connectivity index (χ2v) is 8.97. The number of nitrogens with zero attached hydrogens (tertiary/aromatic N) is 3. The molecule has 2 aliphatic heterocycles. The van der Waals surface area contributed by atoms with E-state index in [0.29, 0.717) is 43.7 Å². The predicted molar refractivity (Wildman–Crippen MR) is 134 cm³/mol. The average Bonchev–Trinajstić information content (AvgIpc) is 3.18.